The van der Waals surface area contributed by atoms with Crippen LogP contribution in [0.4, 0.5) is 0 Å². The minimum Gasteiger partial charge on any atom is -0.329 e. The average molecular weight is 331 g/mol. The maximum absolute atomic E-state index is 12.7. The van der Waals surface area contributed by atoms with Gasteiger partial charge in [-0.2, -0.15) is 0 Å². The van der Waals surface area contributed by atoms with Gasteiger partial charge in [0.25, 0.3) is 0 Å². The Bertz CT molecular complexity index is 618. The maximum Gasteiger partial charge on any atom is 0.242 e. The van der Waals surface area contributed by atoms with Gasteiger partial charge in [0.05, 0.1) is 5.02 Å². The van der Waals surface area contributed by atoms with E-state index in [0.717, 1.165) is 31.2 Å². The molecule has 2 rings (SSSR count). The molecule has 1 aliphatic carbocycles. The first kappa shape index (κ1) is 16.7. The molecular weight excluding hydrogens is 308 g/mol. The molecule has 2 atom stereocenters. The molecule has 6 heteroatoms. The molecule has 2 unspecified atom stereocenters. The van der Waals surface area contributed by atoms with Crippen LogP contribution in [0.1, 0.15) is 38.2 Å². The molecule has 1 aromatic rings. The molecule has 1 aromatic carbocycles. The van der Waals surface area contributed by atoms with Crippen LogP contribution < -0.4 is 10.5 Å². The van der Waals surface area contributed by atoms with Gasteiger partial charge in [0.2, 0.25) is 10.0 Å². The molecule has 1 saturated carbocycles. The maximum atomic E-state index is 12.7. The van der Waals surface area contributed by atoms with E-state index in [1.807, 2.05) is 6.92 Å². The van der Waals surface area contributed by atoms with E-state index < -0.39 is 15.6 Å². The van der Waals surface area contributed by atoms with Crippen LogP contribution in [0.3, 0.4) is 0 Å². The Morgan fingerprint density at radius 2 is 2.14 bits per heavy atom. The number of sulfonamides is 1. The number of hydrogen-bond acceptors (Lipinski definition) is 3. The van der Waals surface area contributed by atoms with Crippen molar-refractivity contribution < 1.29 is 8.42 Å². The summed E-state index contributed by atoms with van der Waals surface area (Å²) in [6.45, 7) is 4.24. The number of hydrogen-bond donors (Lipinski definition) is 2. The van der Waals surface area contributed by atoms with Gasteiger partial charge in [0.1, 0.15) is 4.90 Å². The third-order valence-corrected chi connectivity index (χ3v) is 6.57. The van der Waals surface area contributed by atoms with E-state index in [-0.39, 0.29) is 15.8 Å². The summed E-state index contributed by atoms with van der Waals surface area (Å²) >= 11 is 6.11. The third kappa shape index (κ3) is 3.42. The summed E-state index contributed by atoms with van der Waals surface area (Å²) in [5.41, 5.74) is 6.28. The highest BCUT2D eigenvalue weighted by molar-refractivity contribution is 7.89. The molecule has 1 fully saturated rings. The van der Waals surface area contributed by atoms with Gasteiger partial charge in [0, 0.05) is 12.1 Å². The Labute approximate surface area is 132 Å². The predicted octanol–water partition coefficient (Wildman–Crippen LogP) is 2.83. The molecule has 0 aromatic heterocycles. The summed E-state index contributed by atoms with van der Waals surface area (Å²) < 4.78 is 28.2. The molecule has 1 aliphatic rings. The Balaban J connectivity index is 2.35. The second-order valence-corrected chi connectivity index (χ2v) is 8.10. The first-order valence-electron chi connectivity index (χ1n) is 7.31. The second kappa shape index (κ2) is 6.24. The molecule has 0 saturated heterocycles. The molecule has 0 heterocycles. The van der Waals surface area contributed by atoms with Crippen molar-refractivity contribution in [1.82, 2.24) is 4.72 Å². The zero-order valence-corrected chi connectivity index (χ0v) is 14.1. The molecule has 0 radical (unpaired) electrons. The largest absolute Gasteiger partial charge is 0.329 e. The Hall–Kier alpha value is -0.620. The van der Waals surface area contributed by atoms with E-state index in [0.29, 0.717) is 6.54 Å². The molecule has 118 valence electrons. The highest BCUT2D eigenvalue weighted by atomic mass is 35.5. The molecular formula is C15H23ClN2O2S. The Morgan fingerprint density at radius 1 is 1.43 bits per heavy atom. The second-order valence-electron chi connectivity index (χ2n) is 6.05. The number of aryl methyl sites for hydroxylation is 1. The fourth-order valence-electron chi connectivity index (χ4n) is 3.06. The van der Waals surface area contributed by atoms with Gasteiger partial charge < -0.3 is 5.73 Å². The van der Waals surface area contributed by atoms with Crippen molar-refractivity contribution in [1.29, 1.82) is 0 Å². The van der Waals surface area contributed by atoms with Crippen LogP contribution in [-0.2, 0) is 10.0 Å². The van der Waals surface area contributed by atoms with E-state index in [9.17, 15) is 8.42 Å². The van der Waals surface area contributed by atoms with Crippen LogP contribution in [0.5, 0.6) is 0 Å². The van der Waals surface area contributed by atoms with Gasteiger partial charge in [-0.25, -0.2) is 13.1 Å². The van der Waals surface area contributed by atoms with E-state index in [1.165, 1.54) is 0 Å². The van der Waals surface area contributed by atoms with Crippen molar-refractivity contribution in [2.24, 2.45) is 11.7 Å². The smallest absolute Gasteiger partial charge is 0.242 e. The Kier molecular flexibility index (Phi) is 4.98. The van der Waals surface area contributed by atoms with Crippen molar-refractivity contribution in [3.8, 4) is 0 Å². The minimum atomic E-state index is -3.67. The topological polar surface area (TPSA) is 72.2 Å². The number of rotatable bonds is 4. The van der Waals surface area contributed by atoms with E-state index in [4.69, 9.17) is 17.3 Å². The molecule has 4 nitrogen and oxygen atoms in total. The van der Waals surface area contributed by atoms with E-state index >= 15 is 0 Å². The number of benzene rings is 1. The van der Waals surface area contributed by atoms with Crippen LogP contribution in [0.25, 0.3) is 0 Å². The average Bonchev–Trinajstić information content (AvgIpc) is 2.40. The van der Waals surface area contributed by atoms with Crippen LogP contribution in [-0.4, -0.2) is 20.5 Å². The molecule has 0 bridgehead atoms. The summed E-state index contributed by atoms with van der Waals surface area (Å²) in [6.07, 6.45) is 3.87. The standard InChI is InChI=1S/C15H23ClN2O2S/c1-11-6-7-14(13(16)9-11)21(19,20)18-15(10-17)8-4-3-5-12(15)2/h6-7,9,12,18H,3-5,8,10,17H2,1-2H3. The van der Waals surface area contributed by atoms with Crippen molar-refractivity contribution in [3.05, 3.63) is 28.8 Å². The summed E-state index contributed by atoms with van der Waals surface area (Å²) in [5.74, 6) is 0.218. The lowest BCUT2D eigenvalue weighted by molar-refractivity contribution is 0.191. The molecule has 0 aliphatic heterocycles. The third-order valence-electron chi connectivity index (χ3n) is 4.53. The lowest BCUT2D eigenvalue weighted by Gasteiger charge is -2.42. The van der Waals surface area contributed by atoms with Crippen LogP contribution in [0, 0.1) is 12.8 Å². The van der Waals surface area contributed by atoms with E-state index in [1.54, 1.807) is 18.2 Å². The normalized spacial score (nSPS) is 26.8. The molecule has 0 spiro atoms. The predicted molar refractivity (Wildman–Crippen MR) is 85.9 cm³/mol. The molecule has 21 heavy (non-hydrogen) atoms. The quantitative estimate of drug-likeness (QED) is 0.891. The lowest BCUT2D eigenvalue weighted by atomic mass is 9.74. The van der Waals surface area contributed by atoms with Crippen molar-refractivity contribution >= 4 is 21.6 Å². The van der Waals surface area contributed by atoms with Crippen LogP contribution in [0.2, 0.25) is 5.02 Å². The van der Waals surface area contributed by atoms with Gasteiger partial charge in [-0.15, -0.1) is 0 Å². The van der Waals surface area contributed by atoms with Gasteiger partial charge >= 0.3 is 0 Å². The van der Waals surface area contributed by atoms with Crippen molar-refractivity contribution in [3.63, 3.8) is 0 Å². The van der Waals surface area contributed by atoms with Gasteiger partial charge in [-0.1, -0.05) is 37.4 Å². The molecule has 0 amide bonds. The molecule has 3 N–H and O–H groups in total. The van der Waals surface area contributed by atoms with Gasteiger partial charge in [-0.05, 0) is 43.4 Å². The number of nitrogens with two attached hydrogens (primary N) is 1. The lowest BCUT2D eigenvalue weighted by Crippen LogP contribution is -2.58. The Morgan fingerprint density at radius 3 is 2.71 bits per heavy atom. The monoisotopic (exact) mass is 330 g/mol. The van der Waals surface area contributed by atoms with Gasteiger partial charge in [0.15, 0.2) is 0 Å². The number of nitrogens with one attached hydrogen (secondary N) is 1. The minimum absolute atomic E-state index is 0.125. The summed E-state index contributed by atoms with van der Waals surface area (Å²) in [5, 5.41) is 0.248. The summed E-state index contributed by atoms with van der Waals surface area (Å²) in [7, 11) is -3.67. The van der Waals surface area contributed by atoms with E-state index in [2.05, 4.69) is 11.6 Å². The van der Waals surface area contributed by atoms with Gasteiger partial charge in [-0.3, -0.25) is 0 Å². The highest BCUT2D eigenvalue weighted by Gasteiger charge is 2.40. The SMILES string of the molecule is Cc1ccc(S(=O)(=O)NC2(CN)CCCCC2C)c(Cl)c1. The fourth-order valence-corrected chi connectivity index (χ4v) is 5.19. The number of halogens is 1. The van der Waals surface area contributed by atoms with Crippen molar-refractivity contribution in [2.45, 2.75) is 50.0 Å². The van der Waals surface area contributed by atoms with Crippen LogP contribution in [0.15, 0.2) is 23.1 Å². The first-order chi connectivity index (χ1) is 9.81. The van der Waals surface area contributed by atoms with Crippen molar-refractivity contribution in [2.75, 3.05) is 6.54 Å². The highest BCUT2D eigenvalue weighted by Crippen LogP contribution is 2.35. The summed E-state index contributed by atoms with van der Waals surface area (Å²) in [4.78, 5) is 0.125. The van der Waals surface area contributed by atoms with Crippen LogP contribution >= 0.6 is 11.6 Å². The zero-order chi connectivity index (χ0) is 15.7. The first-order valence-corrected chi connectivity index (χ1v) is 9.17. The fraction of sp³-hybridized carbons (Fsp3) is 0.600. The zero-order valence-electron chi connectivity index (χ0n) is 12.5. The summed E-state index contributed by atoms with van der Waals surface area (Å²) in [6, 6.07) is 4.97.